The van der Waals surface area contributed by atoms with Crippen LogP contribution in [0, 0.1) is 11.6 Å². The van der Waals surface area contributed by atoms with E-state index in [0.717, 1.165) is 16.8 Å². The summed E-state index contributed by atoms with van der Waals surface area (Å²) >= 11 is 0. The highest BCUT2D eigenvalue weighted by Crippen LogP contribution is 2.12. The molecule has 64 valence electrons. The smallest absolute Gasteiger partial charge is 0.167 e. The number of halogens is 2. The lowest BCUT2D eigenvalue weighted by atomic mass is 10.2. The Hall–Kier alpha value is -1.45. The predicted molar refractivity (Wildman–Crippen MR) is 41.8 cm³/mol. The molecule has 0 saturated carbocycles. The molecule has 0 unspecified atom stereocenters. The number of nitrogens with one attached hydrogen (secondary N) is 1. The van der Waals surface area contributed by atoms with E-state index in [-0.39, 0.29) is 12.1 Å². The molecule has 0 aliphatic carbocycles. The minimum atomic E-state index is -0.643. The summed E-state index contributed by atoms with van der Waals surface area (Å²) in [6.45, 7) is 3.03. The topological polar surface area (TPSA) is 26.8 Å². The number of nitrogens with zero attached hydrogens (tertiary/aromatic N) is 1. The van der Waals surface area contributed by atoms with Gasteiger partial charge in [-0.1, -0.05) is 6.07 Å². The van der Waals surface area contributed by atoms with Gasteiger partial charge in [0.25, 0.3) is 0 Å². The number of rotatable bonds is 2. The second-order valence-electron chi connectivity index (χ2n) is 2.40. The van der Waals surface area contributed by atoms with Crippen LogP contribution in [0.1, 0.15) is 5.56 Å². The Balaban J connectivity index is 3.04. The molecule has 0 aliphatic rings. The molecule has 0 aliphatic heterocycles. The molecule has 1 aromatic carbocycles. The minimum Gasteiger partial charge on any atom is -0.455 e. The normalized spacial score (nSPS) is 9.83. The van der Waals surface area contributed by atoms with Crippen LogP contribution in [0.3, 0.4) is 0 Å². The Bertz CT molecular complexity index is 290. The van der Waals surface area contributed by atoms with Gasteiger partial charge in [0.1, 0.15) is 18.4 Å². The van der Waals surface area contributed by atoms with Crippen molar-refractivity contribution in [3.05, 3.63) is 41.2 Å². The zero-order valence-corrected chi connectivity index (χ0v) is 6.35. The summed E-state index contributed by atoms with van der Waals surface area (Å²) in [5.74, 6) is 5.61. The lowest BCUT2D eigenvalue weighted by Crippen LogP contribution is -2.03. The second kappa shape index (κ2) is 3.30. The molecular formula is C8H8F2N2. The Morgan fingerprint density at radius 1 is 1.33 bits per heavy atom. The van der Waals surface area contributed by atoms with Gasteiger partial charge < -0.3 is 5.84 Å². The lowest BCUT2D eigenvalue weighted by Gasteiger charge is -2.03. The Labute approximate surface area is 68.9 Å². The van der Waals surface area contributed by atoms with Gasteiger partial charge in [-0.15, -0.1) is 0 Å². The van der Waals surface area contributed by atoms with Gasteiger partial charge in [-0.3, -0.25) is 4.68 Å². The van der Waals surface area contributed by atoms with Gasteiger partial charge in [-0.25, -0.2) is 8.78 Å². The van der Waals surface area contributed by atoms with Crippen LogP contribution in [0.15, 0.2) is 18.2 Å². The molecule has 1 aromatic rings. The third kappa shape index (κ3) is 1.78. The zero-order valence-electron chi connectivity index (χ0n) is 6.35. The second-order valence-corrected chi connectivity index (χ2v) is 2.40. The van der Waals surface area contributed by atoms with Crippen LogP contribution in [-0.2, 0) is 6.54 Å². The SMILES string of the molecule is C=[N+]([NH-])Cc1c(F)cccc1F. The van der Waals surface area contributed by atoms with Crippen molar-refractivity contribution < 1.29 is 13.5 Å². The van der Waals surface area contributed by atoms with E-state index in [1.807, 2.05) is 0 Å². The Kier molecular flexibility index (Phi) is 2.38. The number of hydrogen-bond donors (Lipinski definition) is 0. The molecule has 0 fully saturated rings. The molecule has 2 nitrogen and oxygen atoms in total. The van der Waals surface area contributed by atoms with Crippen LogP contribution in [0.2, 0.25) is 0 Å². The van der Waals surface area contributed by atoms with Crippen LogP contribution in [0.25, 0.3) is 5.84 Å². The van der Waals surface area contributed by atoms with Crippen LogP contribution in [0.5, 0.6) is 0 Å². The van der Waals surface area contributed by atoms with Crippen molar-refractivity contribution in [1.82, 2.24) is 0 Å². The Morgan fingerprint density at radius 2 is 1.83 bits per heavy atom. The van der Waals surface area contributed by atoms with Crippen LogP contribution in [0.4, 0.5) is 8.78 Å². The summed E-state index contributed by atoms with van der Waals surface area (Å²) < 4.78 is 26.4. The summed E-state index contributed by atoms with van der Waals surface area (Å²) in [6, 6.07) is 3.59. The molecule has 0 radical (unpaired) electrons. The van der Waals surface area contributed by atoms with Gasteiger partial charge in [0.15, 0.2) is 6.54 Å². The highest BCUT2D eigenvalue weighted by Gasteiger charge is 2.09. The van der Waals surface area contributed by atoms with Crippen LogP contribution >= 0.6 is 0 Å². The summed E-state index contributed by atoms with van der Waals surface area (Å²) in [5.41, 5.74) is -0.123. The molecule has 0 amide bonds. The van der Waals surface area contributed by atoms with Gasteiger partial charge in [0, 0.05) is 0 Å². The van der Waals surface area contributed by atoms with Crippen LogP contribution < -0.4 is 0 Å². The van der Waals surface area contributed by atoms with E-state index in [1.165, 1.54) is 6.07 Å². The predicted octanol–water partition coefficient (Wildman–Crippen LogP) is 2.15. The van der Waals surface area contributed by atoms with E-state index in [9.17, 15) is 8.78 Å². The minimum absolute atomic E-state index is 0.123. The molecule has 0 spiro atoms. The van der Waals surface area contributed by atoms with Gasteiger partial charge in [-0.2, -0.15) is 0 Å². The summed E-state index contributed by atoms with van der Waals surface area (Å²) in [5, 5.41) is 0. The molecule has 4 heteroatoms. The molecular weight excluding hydrogens is 162 g/mol. The first-order valence-electron chi connectivity index (χ1n) is 3.33. The quantitative estimate of drug-likeness (QED) is 0.369. The lowest BCUT2D eigenvalue weighted by molar-refractivity contribution is -0.466. The van der Waals surface area contributed by atoms with Crippen molar-refractivity contribution in [2.75, 3.05) is 0 Å². The van der Waals surface area contributed by atoms with E-state index in [0.29, 0.717) is 0 Å². The van der Waals surface area contributed by atoms with Gasteiger partial charge >= 0.3 is 0 Å². The molecule has 1 N–H and O–H groups in total. The van der Waals surface area contributed by atoms with Crippen molar-refractivity contribution in [3.8, 4) is 0 Å². The van der Waals surface area contributed by atoms with Crippen LogP contribution in [-0.4, -0.2) is 11.4 Å². The zero-order chi connectivity index (χ0) is 9.14. The van der Waals surface area contributed by atoms with Crippen molar-refractivity contribution in [2.24, 2.45) is 0 Å². The molecule has 0 heterocycles. The van der Waals surface area contributed by atoms with Gasteiger partial charge in [0.05, 0.1) is 5.56 Å². The summed E-state index contributed by atoms with van der Waals surface area (Å²) in [7, 11) is 0. The molecule has 0 aromatic heterocycles. The van der Waals surface area contributed by atoms with E-state index in [4.69, 9.17) is 5.84 Å². The maximum atomic E-state index is 12.8. The largest absolute Gasteiger partial charge is 0.455 e. The van der Waals surface area contributed by atoms with Gasteiger partial charge in [-0.05, 0) is 12.1 Å². The van der Waals surface area contributed by atoms with Crippen molar-refractivity contribution >= 4 is 6.72 Å². The maximum absolute atomic E-state index is 12.8. The fraction of sp³-hybridized carbons (Fsp3) is 0.125. The van der Waals surface area contributed by atoms with E-state index >= 15 is 0 Å². The third-order valence-corrected chi connectivity index (χ3v) is 1.41. The summed E-state index contributed by atoms with van der Waals surface area (Å²) in [6.07, 6.45) is 0. The monoisotopic (exact) mass is 170 g/mol. The van der Waals surface area contributed by atoms with E-state index in [2.05, 4.69) is 6.72 Å². The fourth-order valence-corrected chi connectivity index (χ4v) is 0.874. The molecule has 0 saturated heterocycles. The maximum Gasteiger partial charge on any atom is 0.167 e. The Morgan fingerprint density at radius 3 is 2.25 bits per heavy atom. The number of benzene rings is 1. The first kappa shape index (κ1) is 8.64. The first-order chi connectivity index (χ1) is 5.61. The molecule has 1 rings (SSSR count). The first-order valence-corrected chi connectivity index (χ1v) is 3.33. The van der Waals surface area contributed by atoms with Crippen molar-refractivity contribution in [1.29, 1.82) is 0 Å². The van der Waals surface area contributed by atoms with Gasteiger partial charge in [0.2, 0.25) is 0 Å². The van der Waals surface area contributed by atoms with Crippen molar-refractivity contribution in [2.45, 2.75) is 6.54 Å². The highest BCUT2D eigenvalue weighted by atomic mass is 19.1. The third-order valence-electron chi connectivity index (χ3n) is 1.41. The fourth-order valence-electron chi connectivity index (χ4n) is 0.874. The molecule has 0 atom stereocenters. The van der Waals surface area contributed by atoms with E-state index in [1.54, 1.807) is 0 Å². The number of hydrogen-bond acceptors (Lipinski definition) is 0. The van der Waals surface area contributed by atoms with E-state index < -0.39 is 11.6 Å². The summed E-state index contributed by atoms with van der Waals surface area (Å²) in [4.78, 5) is 0. The van der Waals surface area contributed by atoms with Crippen molar-refractivity contribution in [3.63, 3.8) is 0 Å². The standard InChI is InChI=1S/C8H8F2N2/c1-12(11)5-6-7(9)3-2-4-8(6)10/h2-4,11H,1,5H2. The molecule has 12 heavy (non-hydrogen) atoms. The average molecular weight is 170 g/mol. The highest BCUT2D eigenvalue weighted by molar-refractivity contribution is 5.20. The molecule has 0 bridgehead atoms. The average Bonchev–Trinajstić information content (AvgIpc) is 1.97.